The molecule has 0 aliphatic carbocycles. The van der Waals surface area contributed by atoms with Crippen LogP contribution < -0.4 is 11.1 Å². The Hall–Kier alpha value is -0.680. The number of amides is 1. The van der Waals surface area contributed by atoms with E-state index in [2.05, 4.69) is 10.2 Å². The Balaban J connectivity index is 2.55. The molecule has 0 radical (unpaired) electrons. The Bertz CT molecular complexity index is 270. The van der Waals surface area contributed by atoms with Crippen LogP contribution in [-0.2, 0) is 4.79 Å². The summed E-state index contributed by atoms with van der Waals surface area (Å²) < 4.78 is 0. The van der Waals surface area contributed by atoms with E-state index < -0.39 is 0 Å². The van der Waals surface area contributed by atoms with Gasteiger partial charge in [-0.05, 0) is 32.7 Å². The van der Waals surface area contributed by atoms with Crippen LogP contribution >= 0.6 is 12.2 Å². The number of nitrogens with one attached hydrogen (secondary N) is 1. The zero-order valence-electron chi connectivity index (χ0n) is 10.0. The third kappa shape index (κ3) is 3.15. The van der Waals surface area contributed by atoms with Crippen molar-refractivity contribution >= 4 is 23.1 Å². The van der Waals surface area contributed by atoms with Gasteiger partial charge in [0.2, 0.25) is 5.91 Å². The smallest absolute Gasteiger partial charge is 0.237 e. The maximum atomic E-state index is 11.8. The topological polar surface area (TPSA) is 58.4 Å². The molecule has 1 fully saturated rings. The summed E-state index contributed by atoms with van der Waals surface area (Å²) in [4.78, 5) is 14.4. The van der Waals surface area contributed by atoms with Crippen LogP contribution in [0.3, 0.4) is 0 Å². The third-order valence-electron chi connectivity index (χ3n) is 3.05. The number of hydrogen-bond donors (Lipinski definition) is 2. The molecule has 0 spiro atoms. The van der Waals surface area contributed by atoms with Gasteiger partial charge in [-0.3, -0.25) is 9.69 Å². The molecule has 1 aliphatic heterocycles. The van der Waals surface area contributed by atoms with Crippen LogP contribution in [0.25, 0.3) is 0 Å². The minimum atomic E-state index is -0.138. The highest BCUT2D eigenvalue weighted by Gasteiger charge is 2.33. The molecule has 16 heavy (non-hydrogen) atoms. The van der Waals surface area contributed by atoms with Gasteiger partial charge in [0.15, 0.2) is 0 Å². The number of nitrogens with zero attached hydrogens (tertiary/aromatic N) is 1. The molecule has 5 heteroatoms. The molecule has 1 amide bonds. The maximum Gasteiger partial charge on any atom is 0.237 e. The number of thiocarbonyl (C=S) groups is 1. The number of hydrogen-bond acceptors (Lipinski definition) is 3. The first kappa shape index (κ1) is 13.4. The lowest BCUT2D eigenvalue weighted by Crippen LogP contribution is -2.50. The average Bonchev–Trinajstić information content (AvgIpc) is 2.73. The second-order valence-electron chi connectivity index (χ2n) is 4.27. The minimum absolute atomic E-state index is 0.0741. The van der Waals surface area contributed by atoms with E-state index in [1.807, 2.05) is 13.8 Å². The summed E-state index contributed by atoms with van der Waals surface area (Å²) in [5.74, 6) is 0.0741. The highest BCUT2D eigenvalue weighted by Crippen LogP contribution is 2.20. The normalized spacial score (nSPS) is 23.0. The SMILES string of the molecule is CCCNC(=O)C(C)N1CCCC1C(N)=S. The Labute approximate surface area is 103 Å². The summed E-state index contributed by atoms with van der Waals surface area (Å²) >= 11 is 5.03. The Morgan fingerprint density at radius 2 is 2.38 bits per heavy atom. The lowest BCUT2D eigenvalue weighted by atomic mass is 10.2. The van der Waals surface area contributed by atoms with Crippen molar-refractivity contribution in [2.45, 2.75) is 45.2 Å². The van der Waals surface area contributed by atoms with Crippen molar-refractivity contribution in [2.24, 2.45) is 5.73 Å². The second-order valence-corrected chi connectivity index (χ2v) is 4.74. The minimum Gasteiger partial charge on any atom is -0.392 e. The molecule has 1 heterocycles. The molecule has 0 aromatic rings. The van der Waals surface area contributed by atoms with Crippen molar-refractivity contribution in [1.29, 1.82) is 0 Å². The van der Waals surface area contributed by atoms with Gasteiger partial charge in [-0.1, -0.05) is 19.1 Å². The molecule has 0 bridgehead atoms. The fourth-order valence-electron chi connectivity index (χ4n) is 2.10. The largest absolute Gasteiger partial charge is 0.392 e. The highest BCUT2D eigenvalue weighted by atomic mass is 32.1. The molecular formula is C11H21N3OS. The molecular weight excluding hydrogens is 222 g/mol. The van der Waals surface area contributed by atoms with Gasteiger partial charge in [-0.25, -0.2) is 0 Å². The summed E-state index contributed by atoms with van der Waals surface area (Å²) in [6.07, 6.45) is 2.99. The van der Waals surface area contributed by atoms with Crippen LogP contribution in [0.1, 0.15) is 33.1 Å². The van der Waals surface area contributed by atoms with Crippen molar-refractivity contribution < 1.29 is 4.79 Å². The van der Waals surface area contributed by atoms with E-state index >= 15 is 0 Å². The zero-order chi connectivity index (χ0) is 12.1. The van der Waals surface area contributed by atoms with E-state index in [9.17, 15) is 4.79 Å². The highest BCUT2D eigenvalue weighted by molar-refractivity contribution is 7.80. The molecule has 3 N–H and O–H groups in total. The zero-order valence-corrected chi connectivity index (χ0v) is 10.8. The molecule has 1 saturated heterocycles. The standard InChI is InChI=1S/C11H21N3OS/c1-3-6-13-11(15)8(2)14-7-4-5-9(14)10(12)16/h8-9H,3-7H2,1-2H3,(H2,12,16)(H,13,15). The van der Waals surface area contributed by atoms with Gasteiger partial charge in [0.25, 0.3) is 0 Å². The van der Waals surface area contributed by atoms with Crippen LogP contribution in [0, 0.1) is 0 Å². The van der Waals surface area contributed by atoms with Crippen LogP contribution in [-0.4, -0.2) is 41.0 Å². The molecule has 0 aromatic heterocycles. The van der Waals surface area contributed by atoms with Gasteiger partial charge in [-0.2, -0.15) is 0 Å². The number of carbonyl (C=O) groups excluding carboxylic acids is 1. The predicted octanol–water partition coefficient (Wildman–Crippen LogP) is 0.652. The predicted molar refractivity (Wildman–Crippen MR) is 69.3 cm³/mol. The lowest BCUT2D eigenvalue weighted by molar-refractivity contribution is -0.125. The van der Waals surface area contributed by atoms with Gasteiger partial charge in [0, 0.05) is 6.54 Å². The van der Waals surface area contributed by atoms with Crippen molar-refractivity contribution in [3.63, 3.8) is 0 Å². The first-order valence-electron chi connectivity index (χ1n) is 5.90. The van der Waals surface area contributed by atoms with Gasteiger partial charge < -0.3 is 11.1 Å². The van der Waals surface area contributed by atoms with E-state index in [1.165, 1.54) is 0 Å². The van der Waals surface area contributed by atoms with E-state index in [1.54, 1.807) is 0 Å². The third-order valence-corrected chi connectivity index (χ3v) is 3.32. The van der Waals surface area contributed by atoms with Gasteiger partial charge >= 0.3 is 0 Å². The number of rotatable bonds is 5. The van der Waals surface area contributed by atoms with Crippen molar-refractivity contribution in [3.05, 3.63) is 0 Å². The first-order chi connectivity index (χ1) is 7.57. The first-order valence-corrected chi connectivity index (χ1v) is 6.31. The number of likely N-dealkylation sites (tertiary alicyclic amines) is 1. The van der Waals surface area contributed by atoms with Crippen LogP contribution in [0.4, 0.5) is 0 Å². The molecule has 2 atom stereocenters. The van der Waals surface area contributed by atoms with Crippen molar-refractivity contribution in [2.75, 3.05) is 13.1 Å². The second kappa shape index (κ2) is 6.15. The van der Waals surface area contributed by atoms with Crippen LogP contribution in [0.15, 0.2) is 0 Å². The Morgan fingerprint density at radius 1 is 1.69 bits per heavy atom. The Kier molecular flexibility index (Phi) is 5.15. The summed E-state index contributed by atoms with van der Waals surface area (Å²) in [7, 11) is 0. The molecule has 2 unspecified atom stereocenters. The van der Waals surface area contributed by atoms with Crippen molar-refractivity contribution in [3.8, 4) is 0 Å². The quantitative estimate of drug-likeness (QED) is 0.696. The van der Waals surface area contributed by atoms with Crippen LogP contribution in [0.5, 0.6) is 0 Å². The monoisotopic (exact) mass is 243 g/mol. The summed E-state index contributed by atoms with van der Waals surface area (Å²) in [6, 6.07) is -0.0436. The molecule has 0 aromatic carbocycles. The fourth-order valence-corrected chi connectivity index (χ4v) is 2.36. The number of nitrogens with two attached hydrogens (primary N) is 1. The molecule has 4 nitrogen and oxygen atoms in total. The van der Waals surface area contributed by atoms with E-state index in [0.29, 0.717) is 4.99 Å². The van der Waals surface area contributed by atoms with Gasteiger partial charge in [0.1, 0.15) is 0 Å². The maximum absolute atomic E-state index is 11.8. The molecule has 92 valence electrons. The average molecular weight is 243 g/mol. The summed E-state index contributed by atoms with van der Waals surface area (Å²) in [5, 5.41) is 2.90. The van der Waals surface area contributed by atoms with E-state index in [-0.39, 0.29) is 18.0 Å². The van der Waals surface area contributed by atoms with Gasteiger partial charge in [-0.15, -0.1) is 0 Å². The summed E-state index contributed by atoms with van der Waals surface area (Å²) in [5.41, 5.74) is 5.68. The van der Waals surface area contributed by atoms with E-state index in [4.69, 9.17) is 18.0 Å². The van der Waals surface area contributed by atoms with Gasteiger partial charge in [0.05, 0.1) is 17.1 Å². The lowest BCUT2D eigenvalue weighted by Gasteiger charge is -2.29. The van der Waals surface area contributed by atoms with Crippen molar-refractivity contribution in [1.82, 2.24) is 10.2 Å². The van der Waals surface area contributed by atoms with Crippen LogP contribution in [0.2, 0.25) is 0 Å². The molecule has 1 rings (SSSR count). The molecule has 1 aliphatic rings. The van der Waals surface area contributed by atoms with E-state index in [0.717, 1.165) is 32.4 Å². The molecule has 0 saturated carbocycles. The fraction of sp³-hybridized carbons (Fsp3) is 0.818. The summed E-state index contributed by atoms with van der Waals surface area (Å²) in [6.45, 7) is 5.59. The number of carbonyl (C=O) groups is 1. The Morgan fingerprint density at radius 3 is 2.94 bits per heavy atom.